The summed E-state index contributed by atoms with van der Waals surface area (Å²) in [7, 11) is 0. The van der Waals surface area contributed by atoms with Crippen molar-refractivity contribution in [2.75, 3.05) is 4.90 Å². The predicted molar refractivity (Wildman–Crippen MR) is 113 cm³/mol. The molecule has 31 heavy (non-hydrogen) atoms. The highest BCUT2D eigenvalue weighted by Crippen LogP contribution is 2.24. The van der Waals surface area contributed by atoms with Crippen molar-refractivity contribution >= 4 is 29.6 Å². The van der Waals surface area contributed by atoms with E-state index in [2.05, 4.69) is 5.32 Å². The maximum absolute atomic E-state index is 13.8. The van der Waals surface area contributed by atoms with Gasteiger partial charge in [-0.05, 0) is 53.1 Å². The van der Waals surface area contributed by atoms with Gasteiger partial charge in [0.25, 0.3) is 11.8 Å². The number of hydrogen-bond donors (Lipinski definition) is 2. The normalized spacial score (nSPS) is 15.3. The Morgan fingerprint density at radius 2 is 1.58 bits per heavy atom. The van der Waals surface area contributed by atoms with Crippen LogP contribution in [0.2, 0.25) is 0 Å². The SMILES string of the molecule is O=C1NC(=O)N(c2ccc(O)cc2)C(=O)/C1=C/c1ccc(Cc2ccccc2F)cc1. The Bertz CT molecular complexity index is 1200. The largest absolute Gasteiger partial charge is 0.508 e. The maximum atomic E-state index is 13.8. The third-order valence-electron chi connectivity index (χ3n) is 4.85. The van der Waals surface area contributed by atoms with Gasteiger partial charge in [-0.25, -0.2) is 14.1 Å². The van der Waals surface area contributed by atoms with Crippen LogP contribution in [-0.4, -0.2) is 23.0 Å². The van der Waals surface area contributed by atoms with Gasteiger partial charge in [0, 0.05) is 6.42 Å². The second kappa shape index (κ2) is 8.23. The molecular formula is C24H17FN2O4. The van der Waals surface area contributed by atoms with Crippen molar-refractivity contribution in [2.24, 2.45) is 0 Å². The number of rotatable bonds is 4. The summed E-state index contributed by atoms with van der Waals surface area (Å²) in [4.78, 5) is 38.1. The van der Waals surface area contributed by atoms with Gasteiger partial charge in [-0.2, -0.15) is 0 Å². The number of amides is 4. The number of nitrogens with zero attached hydrogens (tertiary/aromatic N) is 1. The smallest absolute Gasteiger partial charge is 0.335 e. The minimum atomic E-state index is -0.863. The summed E-state index contributed by atoms with van der Waals surface area (Å²) in [5.74, 6) is -1.86. The lowest BCUT2D eigenvalue weighted by Gasteiger charge is -2.26. The Morgan fingerprint density at radius 3 is 2.26 bits per heavy atom. The number of barbiturate groups is 1. The van der Waals surface area contributed by atoms with Crippen LogP contribution >= 0.6 is 0 Å². The molecule has 3 aromatic rings. The summed E-state index contributed by atoms with van der Waals surface area (Å²) >= 11 is 0. The molecule has 7 heteroatoms. The van der Waals surface area contributed by atoms with Crippen LogP contribution in [0.1, 0.15) is 16.7 Å². The first kappa shape index (κ1) is 20.0. The lowest BCUT2D eigenvalue weighted by molar-refractivity contribution is -0.122. The fourth-order valence-corrected chi connectivity index (χ4v) is 3.25. The minimum Gasteiger partial charge on any atom is -0.508 e. The highest BCUT2D eigenvalue weighted by molar-refractivity contribution is 6.39. The van der Waals surface area contributed by atoms with Gasteiger partial charge in [0.1, 0.15) is 17.1 Å². The molecule has 6 nitrogen and oxygen atoms in total. The second-order valence-electron chi connectivity index (χ2n) is 6.98. The highest BCUT2D eigenvalue weighted by Gasteiger charge is 2.36. The monoisotopic (exact) mass is 416 g/mol. The lowest BCUT2D eigenvalue weighted by Crippen LogP contribution is -2.54. The van der Waals surface area contributed by atoms with E-state index in [4.69, 9.17) is 0 Å². The predicted octanol–water partition coefficient (Wildman–Crippen LogP) is 3.79. The van der Waals surface area contributed by atoms with E-state index < -0.39 is 17.8 Å². The highest BCUT2D eigenvalue weighted by atomic mass is 19.1. The van der Waals surface area contributed by atoms with Gasteiger partial charge in [0.15, 0.2) is 0 Å². The van der Waals surface area contributed by atoms with E-state index in [1.807, 2.05) is 0 Å². The third-order valence-corrected chi connectivity index (χ3v) is 4.85. The number of aromatic hydroxyl groups is 1. The molecule has 0 atom stereocenters. The average molecular weight is 416 g/mol. The summed E-state index contributed by atoms with van der Waals surface area (Å²) in [6.45, 7) is 0. The van der Waals surface area contributed by atoms with Gasteiger partial charge >= 0.3 is 6.03 Å². The van der Waals surface area contributed by atoms with Gasteiger partial charge in [-0.3, -0.25) is 14.9 Å². The van der Waals surface area contributed by atoms with Crippen LogP contribution in [0.25, 0.3) is 6.08 Å². The molecular weight excluding hydrogens is 399 g/mol. The number of anilines is 1. The lowest BCUT2D eigenvalue weighted by atomic mass is 10.0. The molecule has 1 aliphatic rings. The van der Waals surface area contributed by atoms with Gasteiger partial charge in [-0.15, -0.1) is 0 Å². The first-order chi connectivity index (χ1) is 14.9. The number of imide groups is 2. The van der Waals surface area contributed by atoms with Gasteiger partial charge < -0.3 is 5.11 Å². The van der Waals surface area contributed by atoms with E-state index in [9.17, 15) is 23.9 Å². The quantitative estimate of drug-likeness (QED) is 0.501. The Morgan fingerprint density at radius 1 is 0.903 bits per heavy atom. The summed E-state index contributed by atoms with van der Waals surface area (Å²) in [5.41, 5.74) is 2.04. The minimum absolute atomic E-state index is 0.0177. The number of phenols is 1. The van der Waals surface area contributed by atoms with Gasteiger partial charge in [0.05, 0.1) is 5.69 Å². The number of hydrogen-bond acceptors (Lipinski definition) is 4. The Kier molecular flexibility index (Phi) is 5.32. The Hall–Kier alpha value is -4.26. The van der Waals surface area contributed by atoms with Crippen molar-refractivity contribution < 1.29 is 23.9 Å². The molecule has 1 saturated heterocycles. The topological polar surface area (TPSA) is 86.7 Å². The second-order valence-corrected chi connectivity index (χ2v) is 6.98. The average Bonchev–Trinajstić information content (AvgIpc) is 2.75. The molecule has 0 aromatic heterocycles. The first-order valence-electron chi connectivity index (χ1n) is 9.45. The van der Waals surface area contributed by atoms with Crippen LogP contribution < -0.4 is 10.2 Å². The number of phenolic OH excluding ortho intramolecular Hbond substituents is 1. The molecule has 1 fully saturated rings. The molecule has 1 aliphatic heterocycles. The maximum Gasteiger partial charge on any atom is 0.335 e. The van der Waals surface area contributed by atoms with E-state index in [0.717, 1.165) is 10.5 Å². The molecule has 0 bridgehead atoms. The molecule has 3 aromatic carbocycles. The number of urea groups is 1. The molecule has 0 radical (unpaired) electrons. The van der Waals surface area contributed by atoms with E-state index in [1.54, 1.807) is 42.5 Å². The Balaban J connectivity index is 1.58. The Labute approximate surface area is 177 Å². The number of carbonyl (C=O) groups is 3. The zero-order valence-electron chi connectivity index (χ0n) is 16.2. The molecule has 1 heterocycles. The molecule has 0 saturated carbocycles. The van der Waals surface area contributed by atoms with Crippen LogP contribution in [0.15, 0.2) is 78.4 Å². The van der Waals surface area contributed by atoms with E-state index in [0.29, 0.717) is 17.5 Å². The summed E-state index contributed by atoms with van der Waals surface area (Å²) in [5, 5.41) is 11.6. The van der Waals surface area contributed by atoms with Crippen LogP contribution in [0.3, 0.4) is 0 Å². The van der Waals surface area contributed by atoms with E-state index in [1.165, 1.54) is 36.4 Å². The number of nitrogens with one attached hydrogen (secondary N) is 1. The molecule has 0 unspecified atom stereocenters. The van der Waals surface area contributed by atoms with Crippen molar-refractivity contribution in [3.8, 4) is 5.75 Å². The van der Waals surface area contributed by atoms with Gasteiger partial charge in [0.2, 0.25) is 0 Å². The summed E-state index contributed by atoms with van der Waals surface area (Å²) < 4.78 is 13.8. The fourth-order valence-electron chi connectivity index (χ4n) is 3.25. The number of benzene rings is 3. The zero-order valence-corrected chi connectivity index (χ0v) is 16.2. The van der Waals surface area contributed by atoms with Crippen molar-refractivity contribution in [3.63, 3.8) is 0 Å². The number of carbonyl (C=O) groups excluding carboxylic acids is 3. The van der Waals surface area contributed by atoms with Crippen molar-refractivity contribution in [1.29, 1.82) is 0 Å². The molecule has 0 spiro atoms. The molecule has 4 amide bonds. The molecule has 4 rings (SSSR count). The van der Waals surface area contributed by atoms with E-state index in [-0.39, 0.29) is 22.8 Å². The standard InChI is InChI=1S/C24H17FN2O4/c25-21-4-2-1-3-17(21)13-15-5-7-16(8-6-15)14-20-22(29)26-24(31)27(23(20)30)18-9-11-19(28)12-10-18/h1-12,14,28H,13H2,(H,26,29,31)/b20-14+. The fraction of sp³-hybridized carbons (Fsp3) is 0.0417. The van der Waals surface area contributed by atoms with Crippen LogP contribution in [0.5, 0.6) is 5.75 Å². The van der Waals surface area contributed by atoms with Crippen LogP contribution in [0.4, 0.5) is 14.9 Å². The molecule has 0 aliphatic carbocycles. The van der Waals surface area contributed by atoms with Crippen LogP contribution in [0, 0.1) is 5.82 Å². The van der Waals surface area contributed by atoms with Crippen molar-refractivity contribution in [3.05, 3.63) is 101 Å². The molecule has 154 valence electrons. The van der Waals surface area contributed by atoms with Gasteiger partial charge in [-0.1, -0.05) is 42.5 Å². The van der Waals surface area contributed by atoms with Crippen molar-refractivity contribution in [1.82, 2.24) is 5.32 Å². The number of halogens is 1. The van der Waals surface area contributed by atoms with E-state index >= 15 is 0 Å². The van der Waals surface area contributed by atoms with Crippen LogP contribution in [-0.2, 0) is 16.0 Å². The summed E-state index contributed by atoms with van der Waals surface area (Å²) in [6.07, 6.45) is 1.80. The zero-order chi connectivity index (χ0) is 22.0. The molecule has 2 N–H and O–H groups in total. The summed E-state index contributed by atoms with van der Waals surface area (Å²) in [6, 6.07) is 18.1. The first-order valence-corrected chi connectivity index (χ1v) is 9.45. The third kappa shape index (κ3) is 4.20. The van der Waals surface area contributed by atoms with Crippen molar-refractivity contribution in [2.45, 2.75) is 6.42 Å².